The minimum absolute atomic E-state index is 0.0381. The Bertz CT molecular complexity index is 695. The molecule has 4 heteroatoms. The predicted octanol–water partition coefficient (Wildman–Crippen LogP) is 3.27. The van der Waals surface area contributed by atoms with E-state index in [9.17, 15) is 9.90 Å². The molecule has 6 atom stereocenters. The zero-order chi connectivity index (χ0) is 16.0. The van der Waals surface area contributed by atoms with Crippen molar-refractivity contribution in [1.82, 2.24) is 5.16 Å². The van der Waals surface area contributed by atoms with Crippen molar-refractivity contribution in [3.8, 4) is 0 Å². The maximum Gasteiger partial charge on any atom is 0.206 e. The molecule has 0 spiro atoms. The summed E-state index contributed by atoms with van der Waals surface area (Å²) in [5.74, 6) is 2.44. The van der Waals surface area contributed by atoms with Crippen LogP contribution in [-0.2, 0) is 11.8 Å². The van der Waals surface area contributed by atoms with Crippen LogP contribution in [0.5, 0.6) is 0 Å². The van der Waals surface area contributed by atoms with Crippen LogP contribution in [0.2, 0.25) is 0 Å². The fourth-order valence-corrected chi connectivity index (χ4v) is 6.78. The summed E-state index contributed by atoms with van der Waals surface area (Å²) < 4.78 is 5.48. The number of rotatable bonds is 0. The molecular formula is C19H25NO3. The average Bonchev–Trinajstić information content (AvgIpc) is 3.08. The van der Waals surface area contributed by atoms with E-state index in [1.165, 1.54) is 0 Å². The molecule has 0 radical (unpaired) electrons. The number of nitrogens with zero attached hydrogens (tertiary/aromatic N) is 1. The van der Waals surface area contributed by atoms with Crippen LogP contribution in [0.4, 0.5) is 0 Å². The van der Waals surface area contributed by atoms with Crippen molar-refractivity contribution in [3.05, 3.63) is 17.0 Å². The summed E-state index contributed by atoms with van der Waals surface area (Å²) in [4.78, 5) is 12.2. The zero-order valence-electron chi connectivity index (χ0n) is 14.0. The van der Waals surface area contributed by atoms with E-state index < -0.39 is 0 Å². The average molecular weight is 315 g/mol. The summed E-state index contributed by atoms with van der Waals surface area (Å²) in [6.45, 7) is 4.63. The van der Waals surface area contributed by atoms with Crippen LogP contribution in [0.15, 0.2) is 4.52 Å². The van der Waals surface area contributed by atoms with Gasteiger partial charge in [0.25, 0.3) is 0 Å². The number of fused-ring (bicyclic) bond motifs is 4. The summed E-state index contributed by atoms with van der Waals surface area (Å²) in [6, 6.07) is 0. The fraction of sp³-hybridized carbons (Fsp3) is 0.789. The number of aliphatic hydroxyl groups is 1. The van der Waals surface area contributed by atoms with Crippen LogP contribution in [0.3, 0.4) is 0 Å². The maximum absolute atomic E-state index is 12.2. The highest BCUT2D eigenvalue weighted by Gasteiger charge is 2.60. The standard InChI is InChI=1S/C19H25NO3/c1-18-7-5-12-10(11(18)3-4-15(18)22)9-13-16-17(23-20-13)14(21)6-8-19(12,16)2/h10-12,15,22H,3-9H2,1-2H3/t10-,11-,12-,15-,18-,19+/m0/s1. The quantitative estimate of drug-likeness (QED) is 0.798. The van der Waals surface area contributed by atoms with Gasteiger partial charge in [0.05, 0.1) is 11.8 Å². The van der Waals surface area contributed by atoms with Crippen molar-refractivity contribution in [2.75, 3.05) is 0 Å². The third-order valence-corrected chi connectivity index (χ3v) is 8.09. The lowest BCUT2D eigenvalue weighted by atomic mass is 9.48. The first-order chi connectivity index (χ1) is 10.9. The van der Waals surface area contributed by atoms with Gasteiger partial charge in [-0.2, -0.15) is 0 Å². The van der Waals surface area contributed by atoms with E-state index in [2.05, 4.69) is 19.0 Å². The number of hydrogen-bond acceptors (Lipinski definition) is 4. The Kier molecular flexibility index (Phi) is 2.64. The topological polar surface area (TPSA) is 63.3 Å². The fourth-order valence-electron chi connectivity index (χ4n) is 6.78. The maximum atomic E-state index is 12.2. The smallest absolute Gasteiger partial charge is 0.206 e. The predicted molar refractivity (Wildman–Crippen MR) is 84.2 cm³/mol. The molecule has 0 amide bonds. The van der Waals surface area contributed by atoms with Crippen LogP contribution in [-0.4, -0.2) is 22.2 Å². The first-order valence-electron chi connectivity index (χ1n) is 9.15. The highest BCUT2D eigenvalue weighted by Crippen LogP contribution is 2.63. The second kappa shape index (κ2) is 4.27. The molecule has 0 unspecified atom stereocenters. The van der Waals surface area contributed by atoms with Crippen LogP contribution in [0.25, 0.3) is 0 Å². The minimum atomic E-state index is -0.150. The molecule has 23 heavy (non-hydrogen) atoms. The molecule has 124 valence electrons. The largest absolute Gasteiger partial charge is 0.393 e. The van der Waals surface area contributed by atoms with E-state index in [0.29, 0.717) is 29.9 Å². The number of hydrogen-bond donors (Lipinski definition) is 1. The minimum Gasteiger partial charge on any atom is -0.393 e. The summed E-state index contributed by atoms with van der Waals surface area (Å²) in [5.41, 5.74) is 2.28. The van der Waals surface area contributed by atoms with Gasteiger partial charge in [-0.1, -0.05) is 19.0 Å². The first kappa shape index (κ1) is 14.2. The van der Waals surface area contributed by atoms with Gasteiger partial charge in [0.1, 0.15) is 0 Å². The number of ketones is 1. The van der Waals surface area contributed by atoms with Gasteiger partial charge in [0.15, 0.2) is 0 Å². The lowest BCUT2D eigenvalue weighted by Crippen LogP contribution is -2.53. The van der Waals surface area contributed by atoms with Crippen molar-refractivity contribution in [2.24, 2.45) is 23.2 Å². The number of Topliss-reactive ketones (excluding diaryl/α,β-unsaturated/α-hetero) is 1. The van der Waals surface area contributed by atoms with Crippen LogP contribution >= 0.6 is 0 Å². The lowest BCUT2D eigenvalue weighted by molar-refractivity contribution is -0.0568. The third kappa shape index (κ3) is 1.56. The first-order valence-corrected chi connectivity index (χ1v) is 9.15. The second-order valence-electron chi connectivity index (χ2n) is 8.89. The molecule has 4 aliphatic rings. The van der Waals surface area contributed by atoms with Gasteiger partial charge >= 0.3 is 0 Å². The number of aliphatic hydroxyl groups excluding tert-OH is 1. The van der Waals surface area contributed by atoms with E-state index in [0.717, 1.165) is 49.8 Å². The van der Waals surface area contributed by atoms with Crippen molar-refractivity contribution in [3.63, 3.8) is 0 Å². The molecule has 2 saturated carbocycles. The Morgan fingerprint density at radius 2 is 2.00 bits per heavy atom. The molecule has 4 nitrogen and oxygen atoms in total. The van der Waals surface area contributed by atoms with Crippen LogP contribution in [0.1, 0.15) is 74.2 Å². The van der Waals surface area contributed by atoms with Crippen LogP contribution in [0, 0.1) is 23.2 Å². The summed E-state index contributed by atoms with van der Waals surface area (Å²) in [7, 11) is 0. The van der Waals surface area contributed by atoms with Crippen molar-refractivity contribution in [1.29, 1.82) is 0 Å². The Morgan fingerprint density at radius 1 is 1.17 bits per heavy atom. The molecule has 0 bridgehead atoms. The summed E-state index contributed by atoms with van der Waals surface area (Å²) in [5, 5.41) is 14.8. The third-order valence-electron chi connectivity index (χ3n) is 8.09. The Morgan fingerprint density at radius 3 is 2.83 bits per heavy atom. The Labute approximate surface area is 136 Å². The summed E-state index contributed by atoms with van der Waals surface area (Å²) in [6.07, 6.45) is 6.64. The molecule has 0 saturated heterocycles. The Hall–Kier alpha value is -1.16. The van der Waals surface area contributed by atoms with E-state index in [4.69, 9.17) is 4.52 Å². The number of aromatic nitrogens is 1. The van der Waals surface area contributed by atoms with Gasteiger partial charge in [-0.3, -0.25) is 4.79 Å². The van der Waals surface area contributed by atoms with Crippen molar-refractivity contribution < 1.29 is 14.4 Å². The molecule has 5 rings (SSSR count). The van der Waals surface area contributed by atoms with E-state index in [1.807, 2.05) is 0 Å². The molecule has 1 aromatic rings. The summed E-state index contributed by atoms with van der Waals surface area (Å²) >= 11 is 0. The highest BCUT2D eigenvalue weighted by atomic mass is 16.5. The SMILES string of the molecule is C[C@]12CC[C@H]3[C@@H](Cc4noc5c4[C@]3(C)CCC5=O)[C@@H]1CC[C@@H]2O. The number of carbonyl (C=O) groups excluding carboxylic acids is 1. The van der Waals surface area contributed by atoms with Gasteiger partial charge in [-0.15, -0.1) is 0 Å². The zero-order valence-corrected chi connectivity index (χ0v) is 14.0. The molecule has 2 fully saturated rings. The molecule has 1 heterocycles. The van der Waals surface area contributed by atoms with Crippen molar-refractivity contribution in [2.45, 2.75) is 70.3 Å². The molecule has 1 aromatic heterocycles. The van der Waals surface area contributed by atoms with Gasteiger partial charge < -0.3 is 9.63 Å². The van der Waals surface area contributed by atoms with E-state index >= 15 is 0 Å². The normalized spacial score (nSPS) is 47.9. The molecular weight excluding hydrogens is 290 g/mol. The molecule has 0 aromatic carbocycles. The molecule has 0 aliphatic heterocycles. The van der Waals surface area contributed by atoms with Crippen molar-refractivity contribution >= 4 is 5.78 Å². The second-order valence-corrected chi connectivity index (χ2v) is 8.89. The molecule has 4 aliphatic carbocycles. The van der Waals surface area contributed by atoms with Crippen LogP contribution < -0.4 is 0 Å². The number of carbonyl (C=O) groups is 1. The van der Waals surface area contributed by atoms with Gasteiger partial charge in [0.2, 0.25) is 11.5 Å². The van der Waals surface area contributed by atoms with E-state index in [-0.39, 0.29) is 22.7 Å². The van der Waals surface area contributed by atoms with Gasteiger partial charge in [0, 0.05) is 17.4 Å². The molecule has 1 N–H and O–H groups in total. The lowest BCUT2D eigenvalue weighted by Gasteiger charge is -2.56. The highest BCUT2D eigenvalue weighted by molar-refractivity contribution is 5.96. The monoisotopic (exact) mass is 315 g/mol. The van der Waals surface area contributed by atoms with E-state index in [1.54, 1.807) is 0 Å². The Balaban J connectivity index is 1.64. The van der Waals surface area contributed by atoms with Gasteiger partial charge in [-0.25, -0.2) is 0 Å². The van der Waals surface area contributed by atoms with Gasteiger partial charge in [-0.05, 0) is 61.7 Å².